The van der Waals surface area contributed by atoms with Crippen molar-refractivity contribution in [1.82, 2.24) is 0 Å². The zero-order valence-corrected chi connectivity index (χ0v) is 27.4. The molecule has 2 heteroatoms. The van der Waals surface area contributed by atoms with E-state index in [0.717, 1.165) is 39.0 Å². The molecule has 49 heavy (non-hydrogen) atoms. The van der Waals surface area contributed by atoms with Crippen LogP contribution in [0.5, 0.6) is 0 Å². The van der Waals surface area contributed by atoms with Crippen LogP contribution in [0, 0.1) is 0 Å². The van der Waals surface area contributed by atoms with E-state index in [2.05, 4.69) is 170 Å². The number of fused-ring (bicyclic) bond motifs is 9. The van der Waals surface area contributed by atoms with Crippen molar-refractivity contribution in [3.63, 3.8) is 0 Å². The highest BCUT2D eigenvalue weighted by Gasteiger charge is 2.35. The van der Waals surface area contributed by atoms with Gasteiger partial charge in [0.2, 0.25) is 0 Å². The van der Waals surface area contributed by atoms with Crippen LogP contribution in [0.15, 0.2) is 168 Å². The zero-order chi connectivity index (χ0) is 32.7. The summed E-state index contributed by atoms with van der Waals surface area (Å²) in [6.07, 6.45) is 0. The highest BCUT2D eigenvalue weighted by Crippen LogP contribution is 2.49. The summed E-state index contributed by atoms with van der Waals surface area (Å²) in [6.45, 7) is 4.68. The van der Waals surface area contributed by atoms with Gasteiger partial charge >= 0.3 is 0 Å². The van der Waals surface area contributed by atoms with Crippen LogP contribution in [0.25, 0.3) is 65.7 Å². The highest BCUT2D eigenvalue weighted by molar-refractivity contribution is 6.16. The second-order valence-corrected chi connectivity index (χ2v) is 13.8. The molecule has 0 radical (unpaired) electrons. The van der Waals surface area contributed by atoms with Crippen molar-refractivity contribution in [2.45, 2.75) is 19.3 Å². The average Bonchev–Trinajstić information content (AvgIpc) is 3.62. The lowest BCUT2D eigenvalue weighted by Crippen LogP contribution is -2.14. The van der Waals surface area contributed by atoms with Gasteiger partial charge in [-0.2, -0.15) is 0 Å². The maximum absolute atomic E-state index is 6.32. The fourth-order valence-corrected chi connectivity index (χ4v) is 8.11. The van der Waals surface area contributed by atoms with E-state index in [9.17, 15) is 0 Å². The second kappa shape index (κ2) is 10.4. The number of para-hydroxylation sites is 2. The Morgan fingerprint density at radius 1 is 0.408 bits per heavy atom. The third kappa shape index (κ3) is 4.27. The minimum absolute atomic E-state index is 0.0254. The van der Waals surface area contributed by atoms with Gasteiger partial charge in [0.1, 0.15) is 11.2 Å². The topological polar surface area (TPSA) is 16.4 Å². The fraction of sp³-hybridized carbons (Fsp3) is 0.0638. The Morgan fingerprint density at radius 3 is 1.94 bits per heavy atom. The minimum Gasteiger partial charge on any atom is -0.456 e. The van der Waals surface area contributed by atoms with Gasteiger partial charge in [-0.3, -0.25) is 0 Å². The molecule has 1 aliphatic rings. The fourth-order valence-electron chi connectivity index (χ4n) is 8.11. The number of nitrogens with zero attached hydrogens (tertiary/aromatic N) is 1. The Morgan fingerprint density at radius 2 is 1.06 bits per heavy atom. The van der Waals surface area contributed by atoms with E-state index in [1.165, 1.54) is 54.9 Å². The summed E-state index contributed by atoms with van der Waals surface area (Å²) in [6, 6.07) is 59.5. The Labute approximate surface area is 285 Å². The molecule has 1 aromatic heterocycles. The Hall–Kier alpha value is -6.12. The molecule has 0 fully saturated rings. The summed E-state index contributed by atoms with van der Waals surface area (Å²) in [7, 11) is 0. The van der Waals surface area contributed by atoms with E-state index in [0.29, 0.717) is 0 Å². The number of hydrogen-bond donors (Lipinski definition) is 0. The lowest BCUT2D eigenvalue weighted by Gasteiger charge is -2.26. The Kier molecular flexibility index (Phi) is 5.95. The van der Waals surface area contributed by atoms with Crippen molar-refractivity contribution in [3.8, 4) is 22.3 Å². The van der Waals surface area contributed by atoms with Crippen molar-refractivity contribution < 1.29 is 4.42 Å². The molecule has 1 aliphatic carbocycles. The van der Waals surface area contributed by atoms with Gasteiger partial charge in [0.15, 0.2) is 0 Å². The molecule has 0 saturated carbocycles. The molecule has 0 amide bonds. The molecule has 232 valence electrons. The van der Waals surface area contributed by atoms with Crippen LogP contribution in [-0.4, -0.2) is 0 Å². The first kappa shape index (κ1) is 27.9. The molecule has 10 rings (SSSR count). The van der Waals surface area contributed by atoms with Crippen LogP contribution in [0.4, 0.5) is 17.1 Å². The van der Waals surface area contributed by atoms with Crippen molar-refractivity contribution in [2.75, 3.05) is 4.90 Å². The summed E-state index contributed by atoms with van der Waals surface area (Å²) in [5, 5.41) is 7.12. The lowest BCUT2D eigenvalue weighted by molar-refractivity contribution is 0.660. The van der Waals surface area contributed by atoms with Crippen LogP contribution < -0.4 is 4.90 Å². The first-order chi connectivity index (χ1) is 24.0. The van der Waals surface area contributed by atoms with Gasteiger partial charge in [0.05, 0.1) is 0 Å². The van der Waals surface area contributed by atoms with Gasteiger partial charge < -0.3 is 9.32 Å². The third-order valence-electron chi connectivity index (χ3n) is 10.6. The number of rotatable bonds is 4. The number of hydrogen-bond acceptors (Lipinski definition) is 2. The molecule has 0 N–H and O–H groups in total. The van der Waals surface area contributed by atoms with Crippen molar-refractivity contribution >= 4 is 60.5 Å². The summed E-state index contributed by atoms with van der Waals surface area (Å²) >= 11 is 0. The third-order valence-corrected chi connectivity index (χ3v) is 10.6. The molecule has 0 saturated heterocycles. The molecule has 0 spiro atoms. The van der Waals surface area contributed by atoms with Gasteiger partial charge in [-0.05, 0) is 116 Å². The Balaban J connectivity index is 1.08. The number of benzene rings is 8. The summed E-state index contributed by atoms with van der Waals surface area (Å²) < 4.78 is 6.32. The summed E-state index contributed by atoms with van der Waals surface area (Å²) in [5.74, 6) is 0. The van der Waals surface area contributed by atoms with Crippen LogP contribution in [-0.2, 0) is 5.41 Å². The maximum Gasteiger partial charge on any atom is 0.136 e. The van der Waals surface area contributed by atoms with Gasteiger partial charge in [-0.15, -0.1) is 0 Å². The van der Waals surface area contributed by atoms with Crippen LogP contribution >= 0.6 is 0 Å². The highest BCUT2D eigenvalue weighted by atomic mass is 16.3. The molecule has 9 aromatic rings. The van der Waals surface area contributed by atoms with Gasteiger partial charge in [-0.25, -0.2) is 0 Å². The average molecular weight is 628 g/mol. The standard InChI is InChI=1S/C47H33NO/c1-47(2)43-14-8-6-12-37(43)38-25-21-32(27-44(38)47)30-18-22-35(23-19-30)48(34-10-4-3-5-11-34)36-24-20-31-16-17-33-26-42-39-13-7-9-15-45(39)49-46(42)29-41(33)40(31)28-36/h3-29H,1-2H3. The van der Waals surface area contributed by atoms with Crippen LogP contribution in [0.2, 0.25) is 0 Å². The molecule has 0 atom stereocenters. The largest absolute Gasteiger partial charge is 0.456 e. The van der Waals surface area contributed by atoms with Gasteiger partial charge in [-0.1, -0.05) is 117 Å². The van der Waals surface area contributed by atoms with Gasteiger partial charge in [0.25, 0.3) is 0 Å². The first-order valence-corrected chi connectivity index (χ1v) is 17.0. The predicted octanol–water partition coefficient (Wildman–Crippen LogP) is 13.3. The molecular weight excluding hydrogens is 595 g/mol. The normalized spacial score (nSPS) is 13.3. The van der Waals surface area contributed by atoms with Crippen molar-refractivity contribution in [3.05, 3.63) is 175 Å². The summed E-state index contributed by atoms with van der Waals surface area (Å²) in [5.41, 5.74) is 13.1. The van der Waals surface area contributed by atoms with Gasteiger partial charge in [0, 0.05) is 33.2 Å². The molecule has 8 aromatic carbocycles. The first-order valence-electron chi connectivity index (χ1n) is 17.0. The quantitative estimate of drug-likeness (QED) is 0.181. The minimum atomic E-state index is -0.0254. The molecule has 1 heterocycles. The SMILES string of the molecule is CC1(C)c2ccccc2-c2ccc(-c3ccc(N(c4ccccc4)c4ccc5ccc6cc7c(cc6c5c4)oc4ccccc47)cc3)cc21. The summed E-state index contributed by atoms with van der Waals surface area (Å²) in [4.78, 5) is 2.35. The van der Waals surface area contributed by atoms with E-state index in [4.69, 9.17) is 4.42 Å². The van der Waals surface area contributed by atoms with Crippen molar-refractivity contribution in [2.24, 2.45) is 0 Å². The van der Waals surface area contributed by atoms with E-state index >= 15 is 0 Å². The smallest absolute Gasteiger partial charge is 0.136 e. The van der Waals surface area contributed by atoms with E-state index in [1.54, 1.807) is 0 Å². The van der Waals surface area contributed by atoms with E-state index < -0.39 is 0 Å². The van der Waals surface area contributed by atoms with E-state index in [1.807, 2.05) is 12.1 Å². The van der Waals surface area contributed by atoms with Crippen LogP contribution in [0.1, 0.15) is 25.0 Å². The molecular formula is C47H33NO. The number of furan rings is 1. The monoisotopic (exact) mass is 627 g/mol. The van der Waals surface area contributed by atoms with E-state index in [-0.39, 0.29) is 5.41 Å². The molecule has 0 bridgehead atoms. The number of anilines is 3. The molecule has 2 nitrogen and oxygen atoms in total. The molecule has 0 unspecified atom stereocenters. The predicted molar refractivity (Wildman–Crippen MR) is 206 cm³/mol. The van der Waals surface area contributed by atoms with Crippen LogP contribution in [0.3, 0.4) is 0 Å². The lowest BCUT2D eigenvalue weighted by atomic mass is 9.81. The molecule has 0 aliphatic heterocycles. The second-order valence-electron chi connectivity index (χ2n) is 13.8. The maximum atomic E-state index is 6.32. The zero-order valence-electron chi connectivity index (χ0n) is 27.4. The Bertz CT molecular complexity index is 2730. The van der Waals surface area contributed by atoms with Crippen molar-refractivity contribution in [1.29, 1.82) is 0 Å².